The van der Waals surface area contributed by atoms with Crippen LogP contribution in [0.5, 0.6) is 0 Å². The maximum absolute atomic E-state index is 8.46. The number of hydrogen-bond donors (Lipinski definition) is 0. The molecule has 1 aliphatic heterocycles. The molecule has 1 unspecified atom stereocenters. The molecule has 11 heavy (non-hydrogen) atoms. The number of allylic oxidation sites excluding steroid dienone is 1. The van der Waals surface area contributed by atoms with Crippen molar-refractivity contribution in [2.75, 3.05) is 20.1 Å². The first-order valence-electron chi connectivity index (χ1n) is 4.01. The molecule has 1 atom stereocenters. The van der Waals surface area contributed by atoms with Crippen molar-refractivity contribution in [3.05, 3.63) is 11.6 Å². The third-order valence-corrected chi connectivity index (χ3v) is 2.25. The van der Waals surface area contributed by atoms with Crippen molar-refractivity contribution >= 4 is 0 Å². The van der Waals surface area contributed by atoms with E-state index in [2.05, 4.69) is 24.9 Å². The second kappa shape index (κ2) is 3.54. The molecule has 1 aliphatic rings. The van der Waals surface area contributed by atoms with Crippen LogP contribution < -0.4 is 0 Å². The topological polar surface area (TPSA) is 27.0 Å². The summed E-state index contributed by atoms with van der Waals surface area (Å²) >= 11 is 0. The van der Waals surface area contributed by atoms with E-state index in [4.69, 9.17) is 5.26 Å². The Labute approximate surface area is 68.1 Å². The van der Waals surface area contributed by atoms with Gasteiger partial charge < -0.3 is 4.90 Å². The van der Waals surface area contributed by atoms with Crippen LogP contribution in [0.15, 0.2) is 11.6 Å². The zero-order valence-corrected chi connectivity index (χ0v) is 7.17. The standard InChI is InChI=1S/C9H14N2/c1-8-7-11(2)6-4-9(8)3-5-10/h3,8H,4,6-7H2,1-2H3/b9-3+. The molecule has 0 amide bonds. The molecular weight excluding hydrogens is 136 g/mol. The fraction of sp³-hybridized carbons (Fsp3) is 0.667. The fourth-order valence-corrected chi connectivity index (χ4v) is 1.54. The Morgan fingerprint density at radius 1 is 1.73 bits per heavy atom. The summed E-state index contributed by atoms with van der Waals surface area (Å²) in [5.74, 6) is 0.563. The predicted octanol–water partition coefficient (Wildman–Crippen LogP) is 1.41. The van der Waals surface area contributed by atoms with Gasteiger partial charge in [-0.1, -0.05) is 12.5 Å². The van der Waals surface area contributed by atoms with Crippen LogP contribution >= 0.6 is 0 Å². The number of likely N-dealkylation sites (tertiary alicyclic amines) is 1. The predicted molar refractivity (Wildman–Crippen MR) is 45.0 cm³/mol. The molecule has 1 heterocycles. The van der Waals surface area contributed by atoms with Crippen LogP contribution in [-0.4, -0.2) is 25.0 Å². The van der Waals surface area contributed by atoms with Gasteiger partial charge >= 0.3 is 0 Å². The monoisotopic (exact) mass is 150 g/mol. The Hall–Kier alpha value is -0.810. The molecule has 2 heteroatoms. The minimum absolute atomic E-state index is 0.563. The van der Waals surface area contributed by atoms with Crippen molar-refractivity contribution in [1.29, 1.82) is 5.26 Å². The first kappa shape index (κ1) is 8.29. The Balaban J connectivity index is 2.59. The average molecular weight is 150 g/mol. The third-order valence-electron chi connectivity index (χ3n) is 2.25. The molecule has 0 aliphatic carbocycles. The lowest BCUT2D eigenvalue weighted by Gasteiger charge is -2.29. The smallest absolute Gasteiger partial charge is 0.0911 e. The maximum atomic E-state index is 8.46. The molecule has 1 rings (SSSR count). The molecule has 1 fully saturated rings. The van der Waals surface area contributed by atoms with Crippen LogP contribution in [0.4, 0.5) is 0 Å². The van der Waals surface area contributed by atoms with Gasteiger partial charge in [-0.05, 0) is 19.4 Å². The van der Waals surface area contributed by atoms with Crippen molar-refractivity contribution in [3.8, 4) is 6.07 Å². The second-order valence-corrected chi connectivity index (χ2v) is 3.26. The minimum atomic E-state index is 0.563. The zero-order valence-electron chi connectivity index (χ0n) is 7.17. The second-order valence-electron chi connectivity index (χ2n) is 3.26. The lowest BCUT2D eigenvalue weighted by Crippen LogP contribution is -2.32. The molecule has 0 aromatic heterocycles. The highest BCUT2D eigenvalue weighted by Gasteiger charge is 2.17. The molecular formula is C9H14N2. The molecule has 1 saturated heterocycles. The van der Waals surface area contributed by atoms with Gasteiger partial charge in [0, 0.05) is 19.2 Å². The van der Waals surface area contributed by atoms with Gasteiger partial charge in [-0.15, -0.1) is 0 Å². The molecule has 0 aromatic rings. The van der Waals surface area contributed by atoms with Gasteiger partial charge in [-0.2, -0.15) is 5.26 Å². The van der Waals surface area contributed by atoms with Crippen molar-refractivity contribution in [1.82, 2.24) is 4.90 Å². The van der Waals surface area contributed by atoms with Crippen LogP contribution in [0.2, 0.25) is 0 Å². The van der Waals surface area contributed by atoms with E-state index < -0.39 is 0 Å². The number of piperidine rings is 1. The van der Waals surface area contributed by atoms with E-state index in [1.54, 1.807) is 6.08 Å². The first-order valence-corrected chi connectivity index (χ1v) is 4.01. The lowest BCUT2D eigenvalue weighted by atomic mass is 9.93. The number of hydrogen-bond acceptors (Lipinski definition) is 2. The van der Waals surface area contributed by atoms with Gasteiger partial charge in [0.15, 0.2) is 0 Å². The van der Waals surface area contributed by atoms with Crippen LogP contribution in [0.1, 0.15) is 13.3 Å². The summed E-state index contributed by atoms with van der Waals surface area (Å²) < 4.78 is 0. The lowest BCUT2D eigenvalue weighted by molar-refractivity contribution is 0.268. The van der Waals surface area contributed by atoms with E-state index >= 15 is 0 Å². The van der Waals surface area contributed by atoms with E-state index in [1.807, 2.05) is 0 Å². The summed E-state index contributed by atoms with van der Waals surface area (Å²) in [5, 5.41) is 8.46. The normalized spacial score (nSPS) is 30.3. The highest BCUT2D eigenvalue weighted by Crippen LogP contribution is 2.20. The summed E-state index contributed by atoms with van der Waals surface area (Å²) in [7, 11) is 2.12. The van der Waals surface area contributed by atoms with Gasteiger partial charge in [-0.25, -0.2) is 0 Å². The highest BCUT2D eigenvalue weighted by atomic mass is 15.1. The van der Waals surface area contributed by atoms with Gasteiger partial charge in [0.2, 0.25) is 0 Å². The third kappa shape index (κ3) is 2.06. The van der Waals surface area contributed by atoms with Crippen molar-refractivity contribution < 1.29 is 0 Å². The molecule has 0 spiro atoms. The first-order chi connectivity index (χ1) is 5.24. The molecule has 0 saturated carbocycles. The Morgan fingerprint density at radius 3 is 3.00 bits per heavy atom. The largest absolute Gasteiger partial charge is 0.305 e. The Morgan fingerprint density at radius 2 is 2.45 bits per heavy atom. The Kier molecular flexibility index (Phi) is 2.67. The van der Waals surface area contributed by atoms with Gasteiger partial charge in [0.05, 0.1) is 6.07 Å². The van der Waals surface area contributed by atoms with Crippen molar-refractivity contribution in [2.45, 2.75) is 13.3 Å². The molecule has 60 valence electrons. The number of rotatable bonds is 0. The van der Waals surface area contributed by atoms with Crippen molar-refractivity contribution in [2.24, 2.45) is 5.92 Å². The highest BCUT2D eigenvalue weighted by molar-refractivity contribution is 5.17. The quantitative estimate of drug-likeness (QED) is 0.488. The minimum Gasteiger partial charge on any atom is -0.305 e. The van der Waals surface area contributed by atoms with E-state index in [0.29, 0.717) is 5.92 Å². The summed E-state index contributed by atoms with van der Waals surface area (Å²) in [5.41, 5.74) is 1.31. The zero-order chi connectivity index (χ0) is 8.27. The summed E-state index contributed by atoms with van der Waals surface area (Å²) in [6.07, 6.45) is 2.77. The molecule has 0 bridgehead atoms. The fourth-order valence-electron chi connectivity index (χ4n) is 1.54. The molecule has 0 N–H and O–H groups in total. The SMILES string of the molecule is CC1CN(C)CC/C1=C\C#N. The van der Waals surface area contributed by atoms with E-state index in [9.17, 15) is 0 Å². The number of nitriles is 1. The Bertz CT molecular complexity index is 200. The molecule has 0 radical (unpaired) electrons. The average Bonchev–Trinajstić information content (AvgIpc) is 1.95. The molecule has 2 nitrogen and oxygen atoms in total. The van der Waals surface area contributed by atoms with Gasteiger partial charge in [0.1, 0.15) is 0 Å². The van der Waals surface area contributed by atoms with Gasteiger partial charge in [0.25, 0.3) is 0 Å². The van der Waals surface area contributed by atoms with E-state index in [1.165, 1.54) is 5.57 Å². The molecule has 0 aromatic carbocycles. The van der Waals surface area contributed by atoms with E-state index in [-0.39, 0.29) is 0 Å². The van der Waals surface area contributed by atoms with Crippen molar-refractivity contribution in [3.63, 3.8) is 0 Å². The number of nitrogens with zero attached hydrogens (tertiary/aromatic N) is 2. The van der Waals surface area contributed by atoms with E-state index in [0.717, 1.165) is 19.5 Å². The summed E-state index contributed by atoms with van der Waals surface area (Å²) in [4.78, 5) is 2.30. The summed E-state index contributed by atoms with van der Waals surface area (Å²) in [6.45, 7) is 4.37. The van der Waals surface area contributed by atoms with Gasteiger partial charge in [-0.3, -0.25) is 0 Å². The van der Waals surface area contributed by atoms with Crippen LogP contribution in [0.25, 0.3) is 0 Å². The maximum Gasteiger partial charge on any atom is 0.0911 e. The van der Waals surface area contributed by atoms with Crippen LogP contribution in [0, 0.1) is 17.2 Å². The van der Waals surface area contributed by atoms with Crippen LogP contribution in [-0.2, 0) is 0 Å². The van der Waals surface area contributed by atoms with Crippen LogP contribution in [0.3, 0.4) is 0 Å². The summed E-state index contributed by atoms with van der Waals surface area (Å²) in [6, 6.07) is 2.10.